The first-order valence-corrected chi connectivity index (χ1v) is 10.7. The molecule has 1 atom stereocenters. The molecule has 7 heteroatoms. The van der Waals surface area contributed by atoms with Crippen LogP contribution in [0.2, 0.25) is 0 Å². The number of hydrogen-bond acceptors (Lipinski definition) is 6. The zero-order valence-electron chi connectivity index (χ0n) is 17.1. The lowest BCUT2D eigenvalue weighted by Crippen LogP contribution is -2.33. The Bertz CT molecular complexity index is 924. The van der Waals surface area contributed by atoms with Crippen LogP contribution in [-0.4, -0.2) is 26.8 Å². The quantitative estimate of drug-likeness (QED) is 0.534. The zero-order chi connectivity index (χ0) is 20.8. The molecule has 0 fully saturated rings. The van der Waals surface area contributed by atoms with E-state index in [4.69, 9.17) is 4.42 Å². The van der Waals surface area contributed by atoms with Gasteiger partial charge in [0.25, 0.3) is 5.22 Å². The number of carbonyl (C=O) groups excluding carboxylic acids is 1. The number of nitrogens with zero attached hydrogens (tertiary/aromatic N) is 3. The zero-order valence-corrected chi connectivity index (χ0v) is 17.9. The van der Waals surface area contributed by atoms with Gasteiger partial charge in [-0.2, -0.15) is 0 Å². The van der Waals surface area contributed by atoms with Crippen LogP contribution in [-0.2, 0) is 4.79 Å². The molecule has 0 aliphatic rings. The van der Waals surface area contributed by atoms with Crippen molar-refractivity contribution in [2.24, 2.45) is 5.92 Å². The fourth-order valence-corrected chi connectivity index (χ4v) is 3.51. The van der Waals surface area contributed by atoms with Crippen LogP contribution < -0.4 is 5.32 Å². The van der Waals surface area contributed by atoms with Crippen molar-refractivity contribution in [3.8, 4) is 11.5 Å². The normalized spacial score (nSPS) is 12.3. The number of hydrogen-bond donors (Lipinski definition) is 1. The molecule has 0 saturated heterocycles. The Morgan fingerprint density at radius 1 is 1.07 bits per heavy atom. The molecular weight excluding hydrogens is 384 g/mol. The molecule has 0 spiro atoms. The lowest BCUT2D eigenvalue weighted by molar-refractivity contribution is -0.119. The minimum Gasteiger partial charge on any atom is -0.411 e. The van der Waals surface area contributed by atoms with Gasteiger partial charge >= 0.3 is 0 Å². The lowest BCUT2D eigenvalue weighted by Gasteiger charge is -2.23. The number of aromatic nitrogens is 3. The van der Waals surface area contributed by atoms with Gasteiger partial charge in [-0.1, -0.05) is 63.7 Å². The van der Waals surface area contributed by atoms with Crippen LogP contribution >= 0.6 is 11.8 Å². The summed E-state index contributed by atoms with van der Waals surface area (Å²) in [6, 6.07) is 12.1. The number of amides is 1. The van der Waals surface area contributed by atoms with E-state index in [2.05, 4.69) is 72.5 Å². The highest BCUT2D eigenvalue weighted by molar-refractivity contribution is 7.99. The maximum absolute atomic E-state index is 12.5. The number of nitrogens with one attached hydrogen (secondary N) is 1. The van der Waals surface area contributed by atoms with E-state index in [0.717, 1.165) is 11.1 Å². The Morgan fingerprint density at radius 3 is 2.41 bits per heavy atom. The van der Waals surface area contributed by atoms with Gasteiger partial charge in [0.05, 0.1) is 17.4 Å². The Balaban J connectivity index is 1.59. The summed E-state index contributed by atoms with van der Waals surface area (Å²) in [4.78, 5) is 16.6. The second kappa shape index (κ2) is 9.69. The van der Waals surface area contributed by atoms with E-state index in [9.17, 15) is 4.79 Å². The summed E-state index contributed by atoms with van der Waals surface area (Å²) in [6.07, 6.45) is 3.34. The van der Waals surface area contributed by atoms with Gasteiger partial charge in [-0.3, -0.25) is 9.78 Å². The molecule has 0 saturated carbocycles. The Labute approximate surface area is 175 Å². The predicted octanol–water partition coefficient (Wildman–Crippen LogP) is 4.86. The van der Waals surface area contributed by atoms with Crippen molar-refractivity contribution in [2.75, 3.05) is 5.75 Å². The van der Waals surface area contributed by atoms with Crippen molar-refractivity contribution in [2.45, 2.75) is 44.9 Å². The number of rotatable bonds is 8. The van der Waals surface area contributed by atoms with Gasteiger partial charge in [0, 0.05) is 12.4 Å². The van der Waals surface area contributed by atoms with E-state index >= 15 is 0 Å². The highest BCUT2D eigenvalue weighted by Gasteiger charge is 2.19. The maximum Gasteiger partial charge on any atom is 0.277 e. The molecule has 6 nitrogen and oxygen atoms in total. The van der Waals surface area contributed by atoms with Gasteiger partial charge in [-0.15, -0.1) is 10.2 Å². The summed E-state index contributed by atoms with van der Waals surface area (Å²) in [7, 11) is 0. The molecule has 0 aliphatic heterocycles. The molecule has 1 amide bonds. The van der Waals surface area contributed by atoms with Crippen LogP contribution in [0.5, 0.6) is 0 Å². The molecule has 0 aliphatic carbocycles. The third-order valence-electron chi connectivity index (χ3n) is 4.59. The first kappa shape index (κ1) is 21.0. The van der Waals surface area contributed by atoms with E-state index in [1.54, 1.807) is 18.5 Å². The molecule has 2 heterocycles. The monoisotopic (exact) mass is 410 g/mol. The maximum atomic E-state index is 12.5. The summed E-state index contributed by atoms with van der Waals surface area (Å²) in [5, 5.41) is 11.5. The molecule has 2 aromatic heterocycles. The van der Waals surface area contributed by atoms with Crippen LogP contribution in [0.4, 0.5) is 0 Å². The van der Waals surface area contributed by atoms with E-state index in [-0.39, 0.29) is 23.6 Å². The highest BCUT2D eigenvalue weighted by atomic mass is 32.2. The van der Waals surface area contributed by atoms with E-state index < -0.39 is 0 Å². The van der Waals surface area contributed by atoms with Crippen LogP contribution in [0.3, 0.4) is 0 Å². The first-order chi connectivity index (χ1) is 13.9. The van der Waals surface area contributed by atoms with Crippen molar-refractivity contribution in [3.05, 3.63) is 59.9 Å². The topological polar surface area (TPSA) is 80.9 Å². The van der Waals surface area contributed by atoms with Crippen LogP contribution in [0.25, 0.3) is 11.5 Å². The van der Waals surface area contributed by atoms with Crippen LogP contribution in [0.15, 0.2) is 58.4 Å². The standard InChI is InChI=1S/C22H26N4O2S/c1-14(2)16-7-9-17(10-8-16)20(15(3)4)24-19(27)13-29-22-26-25-21(28-22)18-6-5-11-23-12-18/h5-12,14-15,20H,13H2,1-4H3,(H,24,27)/t20-/m0/s1. The molecular formula is C22H26N4O2S. The Kier molecular flexibility index (Phi) is 7.04. The Morgan fingerprint density at radius 2 is 1.79 bits per heavy atom. The molecule has 29 heavy (non-hydrogen) atoms. The third-order valence-corrected chi connectivity index (χ3v) is 5.41. The second-order valence-corrected chi connectivity index (χ2v) is 8.44. The van der Waals surface area contributed by atoms with Gasteiger partial charge in [-0.25, -0.2) is 0 Å². The first-order valence-electron chi connectivity index (χ1n) is 9.70. The van der Waals surface area contributed by atoms with Crippen LogP contribution in [0.1, 0.15) is 50.8 Å². The van der Waals surface area contributed by atoms with Gasteiger partial charge in [0.2, 0.25) is 11.8 Å². The van der Waals surface area contributed by atoms with Gasteiger partial charge in [-0.05, 0) is 35.1 Å². The molecule has 1 N–H and O–H groups in total. The smallest absolute Gasteiger partial charge is 0.277 e. The summed E-state index contributed by atoms with van der Waals surface area (Å²) in [6.45, 7) is 8.55. The van der Waals surface area contributed by atoms with E-state index in [1.165, 1.54) is 17.3 Å². The summed E-state index contributed by atoms with van der Waals surface area (Å²) < 4.78 is 5.61. The van der Waals surface area contributed by atoms with Crippen molar-refractivity contribution in [3.63, 3.8) is 0 Å². The molecule has 0 radical (unpaired) electrons. The lowest BCUT2D eigenvalue weighted by atomic mass is 9.93. The van der Waals surface area contributed by atoms with Gasteiger partial charge in [0.15, 0.2) is 0 Å². The summed E-state index contributed by atoms with van der Waals surface area (Å²) >= 11 is 1.23. The van der Waals surface area contributed by atoms with Crippen molar-refractivity contribution >= 4 is 17.7 Å². The van der Waals surface area contributed by atoms with Crippen LogP contribution in [0, 0.1) is 5.92 Å². The van der Waals surface area contributed by atoms with Gasteiger partial charge < -0.3 is 9.73 Å². The SMILES string of the molecule is CC(C)c1ccc([C@@H](NC(=O)CSc2nnc(-c3cccnc3)o2)C(C)C)cc1. The minimum atomic E-state index is -0.0669. The largest absolute Gasteiger partial charge is 0.411 e. The van der Waals surface area contributed by atoms with Crippen molar-refractivity contribution in [1.82, 2.24) is 20.5 Å². The Hall–Kier alpha value is -2.67. The summed E-state index contributed by atoms with van der Waals surface area (Å²) in [5.41, 5.74) is 3.15. The fourth-order valence-electron chi connectivity index (χ4n) is 2.94. The van der Waals surface area contributed by atoms with Gasteiger partial charge in [0.1, 0.15) is 0 Å². The number of thioether (sulfide) groups is 1. The molecule has 152 valence electrons. The second-order valence-electron chi connectivity index (χ2n) is 7.51. The number of benzene rings is 1. The third kappa shape index (κ3) is 5.67. The summed E-state index contributed by atoms with van der Waals surface area (Å²) in [5.74, 6) is 1.30. The molecule has 0 unspecified atom stereocenters. The average Bonchev–Trinajstić information content (AvgIpc) is 3.20. The minimum absolute atomic E-state index is 0.0436. The average molecular weight is 411 g/mol. The van der Waals surface area contributed by atoms with E-state index in [0.29, 0.717) is 17.0 Å². The fraction of sp³-hybridized carbons (Fsp3) is 0.364. The number of carbonyl (C=O) groups is 1. The number of pyridine rings is 1. The molecule has 1 aromatic carbocycles. The molecule has 0 bridgehead atoms. The van der Waals surface area contributed by atoms with Crippen molar-refractivity contribution < 1.29 is 9.21 Å². The highest BCUT2D eigenvalue weighted by Crippen LogP contribution is 2.25. The van der Waals surface area contributed by atoms with E-state index in [1.807, 2.05) is 6.07 Å². The molecule has 3 rings (SSSR count). The van der Waals surface area contributed by atoms with Crippen molar-refractivity contribution in [1.29, 1.82) is 0 Å². The predicted molar refractivity (Wildman–Crippen MR) is 115 cm³/mol. The molecule has 3 aromatic rings.